The summed E-state index contributed by atoms with van der Waals surface area (Å²) in [6.45, 7) is 1.07. The third kappa shape index (κ3) is 3.18. The fourth-order valence-electron chi connectivity index (χ4n) is 2.22. The Hall–Kier alpha value is -3.00. The second-order valence-corrected chi connectivity index (χ2v) is 4.89. The van der Waals surface area contributed by atoms with Gasteiger partial charge in [-0.05, 0) is 42.0 Å². The van der Waals surface area contributed by atoms with Gasteiger partial charge < -0.3 is 14.8 Å². The number of benzene rings is 2. The van der Waals surface area contributed by atoms with Crippen LogP contribution in [0.15, 0.2) is 42.5 Å². The number of ether oxygens (including phenoxy) is 2. The first-order chi connectivity index (χ1) is 10.7. The van der Waals surface area contributed by atoms with Crippen LogP contribution in [-0.2, 0) is 11.2 Å². The number of nitriles is 1. The van der Waals surface area contributed by atoms with E-state index in [0.29, 0.717) is 36.0 Å². The molecule has 1 aliphatic rings. The number of nitrogens with zero attached hydrogens (tertiary/aromatic N) is 1. The zero-order valence-corrected chi connectivity index (χ0v) is 11.8. The number of fused-ring (bicyclic) bond motifs is 1. The van der Waals surface area contributed by atoms with Gasteiger partial charge in [0.05, 0.1) is 18.1 Å². The number of carbonyl (C=O) groups excluding carboxylic acids is 1. The number of carbonyl (C=O) groups is 1. The van der Waals surface area contributed by atoms with E-state index in [1.54, 1.807) is 24.3 Å². The van der Waals surface area contributed by atoms with Crippen molar-refractivity contribution in [2.75, 3.05) is 18.5 Å². The summed E-state index contributed by atoms with van der Waals surface area (Å²) >= 11 is 0. The van der Waals surface area contributed by atoms with Crippen molar-refractivity contribution in [1.29, 1.82) is 5.26 Å². The predicted octanol–water partition coefficient (Wildman–Crippen LogP) is 2.51. The molecule has 0 unspecified atom stereocenters. The molecular formula is C17H14N2O3. The highest BCUT2D eigenvalue weighted by Crippen LogP contribution is 2.30. The van der Waals surface area contributed by atoms with E-state index in [9.17, 15) is 4.79 Å². The molecule has 2 aromatic carbocycles. The van der Waals surface area contributed by atoms with Crippen LogP contribution in [0.5, 0.6) is 11.5 Å². The molecule has 3 rings (SSSR count). The summed E-state index contributed by atoms with van der Waals surface area (Å²) in [5.41, 5.74) is 2.08. The summed E-state index contributed by atoms with van der Waals surface area (Å²) in [6.07, 6.45) is 0.247. The number of rotatable bonds is 3. The van der Waals surface area contributed by atoms with Crippen molar-refractivity contribution in [1.82, 2.24) is 0 Å². The lowest BCUT2D eigenvalue weighted by molar-refractivity contribution is -0.115. The highest BCUT2D eigenvalue weighted by Gasteiger charge is 2.13. The first kappa shape index (κ1) is 14.0. The van der Waals surface area contributed by atoms with Crippen molar-refractivity contribution in [2.45, 2.75) is 6.42 Å². The molecule has 5 nitrogen and oxygen atoms in total. The lowest BCUT2D eigenvalue weighted by Gasteiger charge is -2.18. The Morgan fingerprint density at radius 2 is 1.82 bits per heavy atom. The van der Waals surface area contributed by atoms with Gasteiger partial charge in [-0.15, -0.1) is 0 Å². The Morgan fingerprint density at radius 3 is 2.55 bits per heavy atom. The largest absolute Gasteiger partial charge is 0.486 e. The zero-order valence-electron chi connectivity index (χ0n) is 11.8. The van der Waals surface area contributed by atoms with Crippen molar-refractivity contribution in [3.8, 4) is 17.6 Å². The first-order valence-electron chi connectivity index (χ1n) is 6.93. The lowest BCUT2D eigenvalue weighted by atomic mass is 10.1. The van der Waals surface area contributed by atoms with Crippen LogP contribution in [0.4, 0.5) is 5.69 Å². The Kier molecular flexibility index (Phi) is 3.92. The normalized spacial score (nSPS) is 12.3. The van der Waals surface area contributed by atoms with Gasteiger partial charge >= 0.3 is 0 Å². The summed E-state index contributed by atoms with van der Waals surface area (Å²) in [6, 6.07) is 14.3. The van der Waals surface area contributed by atoms with Crippen molar-refractivity contribution in [2.24, 2.45) is 0 Å². The molecular weight excluding hydrogens is 280 g/mol. The molecule has 0 aromatic heterocycles. The second kappa shape index (κ2) is 6.19. The maximum atomic E-state index is 12.1. The number of anilines is 1. The second-order valence-electron chi connectivity index (χ2n) is 4.89. The van der Waals surface area contributed by atoms with Gasteiger partial charge in [0.2, 0.25) is 5.91 Å². The third-order valence-electron chi connectivity index (χ3n) is 3.27. The van der Waals surface area contributed by atoms with Gasteiger partial charge in [0.25, 0.3) is 0 Å². The monoisotopic (exact) mass is 294 g/mol. The van der Waals surface area contributed by atoms with E-state index in [2.05, 4.69) is 5.32 Å². The average molecular weight is 294 g/mol. The van der Waals surface area contributed by atoms with E-state index in [4.69, 9.17) is 14.7 Å². The summed E-state index contributed by atoms with van der Waals surface area (Å²) in [5, 5.41) is 11.5. The molecule has 0 atom stereocenters. The Labute approximate surface area is 128 Å². The molecule has 0 saturated heterocycles. The van der Waals surface area contributed by atoms with Gasteiger partial charge in [-0.3, -0.25) is 4.79 Å². The van der Waals surface area contributed by atoms with Gasteiger partial charge in [0.1, 0.15) is 13.2 Å². The smallest absolute Gasteiger partial charge is 0.228 e. The molecule has 0 spiro atoms. The fourth-order valence-corrected chi connectivity index (χ4v) is 2.22. The first-order valence-corrected chi connectivity index (χ1v) is 6.93. The Bertz CT molecular complexity index is 733. The van der Waals surface area contributed by atoms with Gasteiger partial charge in [0.15, 0.2) is 11.5 Å². The molecule has 0 saturated carbocycles. The number of nitrogens with one attached hydrogen (secondary N) is 1. The number of hydrogen-bond donors (Lipinski definition) is 1. The van der Waals surface area contributed by atoms with E-state index in [0.717, 1.165) is 5.56 Å². The van der Waals surface area contributed by atoms with Crippen molar-refractivity contribution in [3.05, 3.63) is 53.6 Å². The van der Waals surface area contributed by atoms with Crippen LogP contribution in [-0.4, -0.2) is 19.1 Å². The Morgan fingerprint density at radius 1 is 1.09 bits per heavy atom. The van der Waals surface area contributed by atoms with Crippen LogP contribution in [0.3, 0.4) is 0 Å². The maximum Gasteiger partial charge on any atom is 0.228 e. The van der Waals surface area contributed by atoms with Crippen LogP contribution in [0, 0.1) is 11.3 Å². The molecule has 0 aliphatic carbocycles. The molecule has 0 radical (unpaired) electrons. The standard InChI is InChI=1S/C17H14N2O3/c18-11-12-1-4-14(5-2-12)19-17(20)10-13-3-6-15-16(9-13)22-8-7-21-15/h1-6,9H,7-8,10H2,(H,19,20). The molecule has 1 N–H and O–H groups in total. The van der Waals surface area contributed by atoms with Crippen LogP contribution in [0.1, 0.15) is 11.1 Å². The molecule has 1 aliphatic heterocycles. The zero-order chi connectivity index (χ0) is 15.4. The summed E-state index contributed by atoms with van der Waals surface area (Å²) in [5.74, 6) is 1.26. The highest BCUT2D eigenvalue weighted by atomic mass is 16.6. The van der Waals surface area contributed by atoms with Gasteiger partial charge in [-0.25, -0.2) is 0 Å². The van der Waals surface area contributed by atoms with Crippen molar-refractivity contribution in [3.63, 3.8) is 0 Å². The highest BCUT2D eigenvalue weighted by molar-refractivity contribution is 5.92. The molecule has 110 valence electrons. The Balaban J connectivity index is 1.65. The predicted molar refractivity (Wildman–Crippen MR) is 80.9 cm³/mol. The van der Waals surface area contributed by atoms with Gasteiger partial charge in [-0.2, -0.15) is 5.26 Å². The third-order valence-corrected chi connectivity index (χ3v) is 3.27. The van der Waals surface area contributed by atoms with Crippen LogP contribution < -0.4 is 14.8 Å². The van der Waals surface area contributed by atoms with E-state index < -0.39 is 0 Å². The van der Waals surface area contributed by atoms with E-state index in [-0.39, 0.29) is 12.3 Å². The molecule has 2 aromatic rings. The topological polar surface area (TPSA) is 71.4 Å². The van der Waals surface area contributed by atoms with Crippen LogP contribution in [0.2, 0.25) is 0 Å². The van der Waals surface area contributed by atoms with Crippen LogP contribution in [0.25, 0.3) is 0 Å². The molecule has 0 bridgehead atoms. The number of amides is 1. The average Bonchev–Trinajstić information content (AvgIpc) is 2.55. The molecule has 1 amide bonds. The summed E-state index contributed by atoms with van der Waals surface area (Å²) < 4.78 is 11.0. The fraction of sp³-hybridized carbons (Fsp3) is 0.176. The minimum atomic E-state index is -0.124. The summed E-state index contributed by atoms with van der Waals surface area (Å²) in [4.78, 5) is 12.1. The molecule has 22 heavy (non-hydrogen) atoms. The van der Waals surface area contributed by atoms with Gasteiger partial charge in [0, 0.05) is 5.69 Å². The van der Waals surface area contributed by atoms with E-state index >= 15 is 0 Å². The quantitative estimate of drug-likeness (QED) is 0.944. The maximum absolute atomic E-state index is 12.1. The molecule has 0 fully saturated rings. The van der Waals surface area contributed by atoms with Crippen molar-refractivity contribution < 1.29 is 14.3 Å². The van der Waals surface area contributed by atoms with Gasteiger partial charge in [-0.1, -0.05) is 6.07 Å². The minimum absolute atomic E-state index is 0.124. The molecule has 1 heterocycles. The summed E-state index contributed by atoms with van der Waals surface area (Å²) in [7, 11) is 0. The SMILES string of the molecule is N#Cc1ccc(NC(=O)Cc2ccc3c(c2)OCCO3)cc1. The van der Waals surface area contributed by atoms with Crippen molar-refractivity contribution >= 4 is 11.6 Å². The van der Waals surface area contributed by atoms with E-state index in [1.165, 1.54) is 0 Å². The number of hydrogen-bond acceptors (Lipinski definition) is 4. The van der Waals surface area contributed by atoms with E-state index in [1.807, 2.05) is 24.3 Å². The van der Waals surface area contributed by atoms with Crippen LogP contribution >= 0.6 is 0 Å². The minimum Gasteiger partial charge on any atom is -0.486 e. The molecule has 5 heteroatoms. The lowest BCUT2D eigenvalue weighted by Crippen LogP contribution is -2.17.